The molecule has 0 radical (unpaired) electrons. The maximum absolute atomic E-state index is 6.38. The lowest BCUT2D eigenvalue weighted by Crippen LogP contribution is -2.61. The molecule has 3 heteroatoms. The number of hydrogen-bond acceptors (Lipinski definition) is 3. The second kappa shape index (κ2) is 10.1. The summed E-state index contributed by atoms with van der Waals surface area (Å²) in [6, 6.07) is 0.569. The van der Waals surface area contributed by atoms with Gasteiger partial charge in [0, 0.05) is 25.7 Å². The van der Waals surface area contributed by atoms with E-state index < -0.39 is 0 Å². The molecule has 24 heavy (non-hydrogen) atoms. The van der Waals surface area contributed by atoms with E-state index in [-0.39, 0.29) is 6.23 Å². The van der Waals surface area contributed by atoms with Gasteiger partial charge in [0.05, 0.1) is 6.61 Å². The third-order valence-electron chi connectivity index (χ3n) is 5.96. The lowest BCUT2D eigenvalue weighted by molar-refractivity contribution is -0.0975. The Balaban J connectivity index is 1.80. The average molecular weight is 339 g/mol. The van der Waals surface area contributed by atoms with Crippen LogP contribution in [-0.4, -0.2) is 43.4 Å². The first-order valence-corrected chi connectivity index (χ1v) is 10.6. The quantitative estimate of drug-likeness (QED) is 0.611. The molecular formula is C21H42N2O. The van der Waals surface area contributed by atoms with Crippen LogP contribution in [0.3, 0.4) is 0 Å². The van der Waals surface area contributed by atoms with E-state index in [1.165, 1.54) is 64.3 Å². The SMILES string of the molecule is CCCCCCCN1CC(C(C)(C)C)NCC1OCC1CCCC1. The number of piperazine rings is 1. The zero-order chi connectivity index (χ0) is 17.4. The van der Waals surface area contributed by atoms with Gasteiger partial charge < -0.3 is 10.1 Å². The van der Waals surface area contributed by atoms with Gasteiger partial charge in [0.25, 0.3) is 0 Å². The van der Waals surface area contributed by atoms with Crippen molar-refractivity contribution in [3.8, 4) is 0 Å². The molecule has 0 spiro atoms. The zero-order valence-electron chi connectivity index (χ0n) is 16.8. The summed E-state index contributed by atoms with van der Waals surface area (Å²) in [5.41, 5.74) is 0.316. The van der Waals surface area contributed by atoms with E-state index in [0.29, 0.717) is 11.5 Å². The van der Waals surface area contributed by atoms with Crippen molar-refractivity contribution in [1.82, 2.24) is 10.2 Å². The van der Waals surface area contributed by atoms with Gasteiger partial charge in [0.2, 0.25) is 0 Å². The van der Waals surface area contributed by atoms with Gasteiger partial charge in [-0.05, 0) is 30.6 Å². The van der Waals surface area contributed by atoms with Crippen molar-refractivity contribution < 1.29 is 4.74 Å². The topological polar surface area (TPSA) is 24.5 Å². The summed E-state index contributed by atoms with van der Waals surface area (Å²) in [6.07, 6.45) is 12.6. The summed E-state index contributed by atoms with van der Waals surface area (Å²) in [4.78, 5) is 2.63. The minimum Gasteiger partial charge on any atom is -0.361 e. The molecule has 2 atom stereocenters. The summed E-state index contributed by atoms with van der Waals surface area (Å²) in [7, 11) is 0. The van der Waals surface area contributed by atoms with Crippen LogP contribution >= 0.6 is 0 Å². The van der Waals surface area contributed by atoms with Crippen LogP contribution in [0.4, 0.5) is 0 Å². The zero-order valence-corrected chi connectivity index (χ0v) is 16.8. The third-order valence-corrected chi connectivity index (χ3v) is 5.96. The fourth-order valence-corrected chi connectivity index (χ4v) is 4.11. The Morgan fingerprint density at radius 2 is 1.75 bits per heavy atom. The maximum atomic E-state index is 6.38. The third kappa shape index (κ3) is 6.65. The Kier molecular flexibility index (Phi) is 8.53. The molecule has 1 aliphatic carbocycles. The first-order chi connectivity index (χ1) is 11.5. The van der Waals surface area contributed by atoms with Crippen molar-refractivity contribution in [1.29, 1.82) is 0 Å². The van der Waals surface area contributed by atoms with Gasteiger partial charge in [-0.3, -0.25) is 4.90 Å². The monoisotopic (exact) mass is 338 g/mol. The Morgan fingerprint density at radius 1 is 1.04 bits per heavy atom. The highest BCUT2D eigenvalue weighted by molar-refractivity contribution is 4.89. The molecule has 2 aliphatic rings. The van der Waals surface area contributed by atoms with Crippen LogP contribution < -0.4 is 5.32 Å². The normalized spacial score (nSPS) is 27.0. The lowest BCUT2D eigenvalue weighted by atomic mass is 9.85. The van der Waals surface area contributed by atoms with Gasteiger partial charge >= 0.3 is 0 Å². The van der Waals surface area contributed by atoms with Crippen molar-refractivity contribution in [2.24, 2.45) is 11.3 Å². The van der Waals surface area contributed by atoms with Crippen molar-refractivity contribution in [3.05, 3.63) is 0 Å². The van der Waals surface area contributed by atoms with E-state index in [0.717, 1.165) is 25.6 Å². The summed E-state index contributed by atoms with van der Waals surface area (Å²) in [5, 5.41) is 3.76. The largest absolute Gasteiger partial charge is 0.361 e. The van der Waals surface area contributed by atoms with Crippen molar-refractivity contribution in [2.45, 2.75) is 97.8 Å². The predicted octanol–water partition coefficient (Wildman–Crippen LogP) is 4.81. The molecule has 0 aromatic carbocycles. The number of nitrogens with one attached hydrogen (secondary N) is 1. The van der Waals surface area contributed by atoms with E-state index in [4.69, 9.17) is 4.74 Å². The molecule has 1 aliphatic heterocycles. The van der Waals surface area contributed by atoms with Gasteiger partial charge in [-0.25, -0.2) is 0 Å². The molecule has 1 heterocycles. The van der Waals surface area contributed by atoms with E-state index in [1.807, 2.05) is 0 Å². The summed E-state index contributed by atoms with van der Waals surface area (Å²) in [6.45, 7) is 13.6. The van der Waals surface area contributed by atoms with Crippen LogP contribution in [0, 0.1) is 11.3 Å². The Morgan fingerprint density at radius 3 is 2.42 bits per heavy atom. The first kappa shape index (κ1) is 20.2. The van der Waals surface area contributed by atoms with Gasteiger partial charge in [-0.2, -0.15) is 0 Å². The highest BCUT2D eigenvalue weighted by Crippen LogP contribution is 2.27. The average Bonchev–Trinajstić information content (AvgIpc) is 3.05. The smallest absolute Gasteiger partial charge is 0.123 e. The molecule has 1 N–H and O–H groups in total. The second-order valence-electron chi connectivity index (χ2n) is 9.17. The molecule has 3 nitrogen and oxygen atoms in total. The number of ether oxygens (including phenoxy) is 1. The minimum atomic E-state index is 0.287. The van der Waals surface area contributed by atoms with E-state index in [9.17, 15) is 0 Å². The second-order valence-corrected chi connectivity index (χ2v) is 9.17. The van der Waals surface area contributed by atoms with Crippen LogP contribution in [0.5, 0.6) is 0 Å². The molecule has 0 aromatic rings. The summed E-state index contributed by atoms with van der Waals surface area (Å²) in [5.74, 6) is 0.816. The van der Waals surface area contributed by atoms with Crippen molar-refractivity contribution in [2.75, 3.05) is 26.2 Å². The number of unbranched alkanes of at least 4 members (excludes halogenated alkanes) is 4. The van der Waals surface area contributed by atoms with Crippen molar-refractivity contribution >= 4 is 0 Å². The van der Waals surface area contributed by atoms with Crippen molar-refractivity contribution in [3.63, 3.8) is 0 Å². The lowest BCUT2D eigenvalue weighted by Gasteiger charge is -2.45. The highest BCUT2D eigenvalue weighted by atomic mass is 16.5. The molecule has 0 aromatic heterocycles. The Labute approximate surface area is 150 Å². The summed E-state index contributed by atoms with van der Waals surface area (Å²) >= 11 is 0. The molecule has 1 saturated heterocycles. The molecular weight excluding hydrogens is 296 g/mol. The van der Waals surface area contributed by atoms with Gasteiger partial charge in [-0.1, -0.05) is 66.2 Å². The minimum absolute atomic E-state index is 0.287. The molecule has 0 amide bonds. The van der Waals surface area contributed by atoms with Gasteiger partial charge in [0.1, 0.15) is 6.23 Å². The molecule has 2 rings (SSSR count). The molecule has 142 valence electrons. The standard InChI is InChI=1S/C21H42N2O/c1-5-6-7-8-11-14-23-16-19(21(2,3)4)22-15-20(23)24-17-18-12-9-10-13-18/h18-20,22H,5-17H2,1-4H3. The fourth-order valence-electron chi connectivity index (χ4n) is 4.11. The van der Waals surface area contributed by atoms with Crippen LogP contribution in [0.25, 0.3) is 0 Å². The van der Waals surface area contributed by atoms with E-state index in [2.05, 4.69) is 37.9 Å². The first-order valence-electron chi connectivity index (χ1n) is 10.6. The highest BCUT2D eigenvalue weighted by Gasteiger charge is 2.34. The Bertz CT molecular complexity index is 333. The Hall–Kier alpha value is -0.120. The fraction of sp³-hybridized carbons (Fsp3) is 1.00. The van der Waals surface area contributed by atoms with Gasteiger partial charge in [-0.15, -0.1) is 0 Å². The van der Waals surface area contributed by atoms with Crippen LogP contribution in [-0.2, 0) is 4.74 Å². The van der Waals surface area contributed by atoms with Gasteiger partial charge in [0.15, 0.2) is 0 Å². The van der Waals surface area contributed by atoms with Crippen LogP contribution in [0.2, 0.25) is 0 Å². The maximum Gasteiger partial charge on any atom is 0.123 e. The van der Waals surface area contributed by atoms with Crippen LogP contribution in [0.1, 0.15) is 85.5 Å². The number of nitrogens with zero attached hydrogens (tertiary/aromatic N) is 1. The van der Waals surface area contributed by atoms with E-state index >= 15 is 0 Å². The molecule has 1 saturated carbocycles. The number of rotatable bonds is 9. The van der Waals surface area contributed by atoms with Crippen LogP contribution in [0.15, 0.2) is 0 Å². The predicted molar refractivity (Wildman–Crippen MR) is 103 cm³/mol. The molecule has 2 unspecified atom stereocenters. The van der Waals surface area contributed by atoms with E-state index in [1.54, 1.807) is 0 Å². The molecule has 0 bridgehead atoms. The number of hydrogen-bond donors (Lipinski definition) is 1. The molecule has 2 fully saturated rings. The summed E-state index contributed by atoms with van der Waals surface area (Å²) < 4.78 is 6.38.